The summed E-state index contributed by atoms with van der Waals surface area (Å²) in [6.45, 7) is 0. The molecule has 1 aromatic carbocycles. The third kappa shape index (κ3) is 3.15. The third-order valence-electron chi connectivity index (χ3n) is 2.26. The van der Waals surface area contributed by atoms with Gasteiger partial charge in [0, 0.05) is 23.6 Å². The highest BCUT2D eigenvalue weighted by Gasteiger charge is 2.02. The number of amides is 1. The van der Waals surface area contributed by atoms with Crippen LogP contribution in [0.5, 0.6) is 0 Å². The lowest BCUT2D eigenvalue weighted by Gasteiger charge is -2.00. The minimum atomic E-state index is -0.277. The van der Waals surface area contributed by atoms with Gasteiger partial charge in [0.1, 0.15) is 0 Å². The largest absolute Gasteiger partial charge is 0.399 e. The number of nitrogens with zero attached hydrogens (tertiary/aromatic N) is 2. The first-order valence-electron chi connectivity index (χ1n) is 5.35. The summed E-state index contributed by atoms with van der Waals surface area (Å²) in [6, 6.07) is 10.2. The molecule has 0 aliphatic heterocycles. The van der Waals surface area contributed by atoms with E-state index in [0.29, 0.717) is 11.3 Å². The lowest BCUT2D eigenvalue weighted by atomic mass is 10.2. The predicted molar refractivity (Wildman–Crippen MR) is 70.2 cm³/mol. The molecule has 0 bridgehead atoms. The fourth-order valence-corrected chi connectivity index (χ4v) is 1.31. The van der Waals surface area contributed by atoms with Crippen molar-refractivity contribution in [2.75, 3.05) is 5.73 Å². The molecular formula is C13H12N4O. The molecule has 1 heterocycles. The van der Waals surface area contributed by atoms with E-state index >= 15 is 0 Å². The van der Waals surface area contributed by atoms with E-state index < -0.39 is 0 Å². The van der Waals surface area contributed by atoms with Crippen LogP contribution in [0.25, 0.3) is 0 Å². The van der Waals surface area contributed by atoms with Crippen molar-refractivity contribution in [2.24, 2.45) is 5.10 Å². The maximum absolute atomic E-state index is 11.7. The molecule has 1 amide bonds. The summed E-state index contributed by atoms with van der Waals surface area (Å²) >= 11 is 0. The number of carbonyl (C=O) groups excluding carboxylic acids is 1. The van der Waals surface area contributed by atoms with Crippen molar-refractivity contribution in [2.45, 2.75) is 0 Å². The van der Waals surface area contributed by atoms with E-state index in [-0.39, 0.29) is 5.91 Å². The van der Waals surface area contributed by atoms with Gasteiger partial charge in [-0.2, -0.15) is 5.10 Å². The number of nitrogen functional groups attached to an aromatic ring is 1. The number of hydrogen-bond acceptors (Lipinski definition) is 4. The fraction of sp³-hybridized carbons (Fsp3) is 0. The monoisotopic (exact) mass is 240 g/mol. The molecule has 0 aliphatic carbocycles. The zero-order valence-corrected chi connectivity index (χ0v) is 9.58. The van der Waals surface area contributed by atoms with E-state index in [1.54, 1.807) is 55.0 Å². The number of rotatable bonds is 3. The van der Waals surface area contributed by atoms with Gasteiger partial charge < -0.3 is 5.73 Å². The molecule has 0 atom stereocenters. The van der Waals surface area contributed by atoms with Crippen LogP contribution in [0.4, 0.5) is 5.69 Å². The number of hydrogen-bond donors (Lipinski definition) is 2. The van der Waals surface area contributed by atoms with E-state index in [9.17, 15) is 4.79 Å². The van der Waals surface area contributed by atoms with E-state index in [1.807, 2.05) is 0 Å². The Balaban J connectivity index is 1.96. The highest BCUT2D eigenvalue weighted by Crippen LogP contribution is 2.04. The zero-order valence-electron chi connectivity index (χ0n) is 9.58. The molecule has 2 aromatic rings. The van der Waals surface area contributed by atoms with Crippen molar-refractivity contribution in [3.8, 4) is 0 Å². The van der Waals surface area contributed by atoms with Gasteiger partial charge in [-0.1, -0.05) is 0 Å². The van der Waals surface area contributed by atoms with E-state index in [0.717, 1.165) is 5.56 Å². The van der Waals surface area contributed by atoms with Crippen LogP contribution in [0, 0.1) is 0 Å². The molecule has 0 saturated heterocycles. The smallest absolute Gasteiger partial charge is 0.271 e. The van der Waals surface area contributed by atoms with Gasteiger partial charge in [-0.05, 0) is 42.0 Å². The number of hydrazone groups is 1. The first-order valence-corrected chi connectivity index (χ1v) is 5.35. The molecule has 2 rings (SSSR count). The summed E-state index contributed by atoms with van der Waals surface area (Å²) < 4.78 is 0. The number of benzene rings is 1. The van der Waals surface area contributed by atoms with Gasteiger partial charge in [-0.25, -0.2) is 5.43 Å². The zero-order chi connectivity index (χ0) is 12.8. The maximum Gasteiger partial charge on any atom is 0.271 e. The Kier molecular flexibility index (Phi) is 3.66. The van der Waals surface area contributed by atoms with Gasteiger partial charge in [-0.15, -0.1) is 0 Å². The molecular weight excluding hydrogens is 228 g/mol. The standard InChI is InChI=1S/C13H12N4O/c14-12-3-1-11(2-4-12)13(18)17-16-9-10-5-7-15-8-6-10/h1-9H,14H2,(H,17,18)/b16-9+. The predicted octanol–water partition coefficient (Wildman–Crippen LogP) is 1.43. The second kappa shape index (κ2) is 5.58. The van der Waals surface area contributed by atoms with Crippen LogP contribution in [0.3, 0.4) is 0 Å². The van der Waals surface area contributed by atoms with Gasteiger partial charge in [0.2, 0.25) is 0 Å². The Morgan fingerprint density at radius 3 is 2.50 bits per heavy atom. The highest BCUT2D eigenvalue weighted by atomic mass is 16.2. The number of aromatic nitrogens is 1. The summed E-state index contributed by atoms with van der Waals surface area (Å²) in [7, 11) is 0. The van der Waals surface area contributed by atoms with Crippen LogP contribution < -0.4 is 11.2 Å². The van der Waals surface area contributed by atoms with Crippen molar-refractivity contribution in [1.82, 2.24) is 10.4 Å². The number of anilines is 1. The molecule has 1 aromatic heterocycles. The number of pyridine rings is 1. The van der Waals surface area contributed by atoms with Gasteiger partial charge in [0.15, 0.2) is 0 Å². The molecule has 0 spiro atoms. The molecule has 0 saturated carbocycles. The fourth-order valence-electron chi connectivity index (χ4n) is 1.31. The highest BCUT2D eigenvalue weighted by molar-refractivity contribution is 5.95. The number of nitrogens with one attached hydrogen (secondary N) is 1. The Hall–Kier alpha value is -2.69. The first-order chi connectivity index (χ1) is 8.75. The third-order valence-corrected chi connectivity index (χ3v) is 2.26. The topological polar surface area (TPSA) is 80.4 Å². The minimum Gasteiger partial charge on any atom is -0.399 e. The van der Waals surface area contributed by atoms with Crippen molar-refractivity contribution >= 4 is 17.8 Å². The Bertz CT molecular complexity index is 549. The van der Waals surface area contributed by atoms with Gasteiger partial charge in [0.25, 0.3) is 5.91 Å². The van der Waals surface area contributed by atoms with Gasteiger partial charge >= 0.3 is 0 Å². The molecule has 0 aliphatic rings. The summed E-state index contributed by atoms with van der Waals surface area (Å²) in [5.41, 5.74) is 9.96. The van der Waals surface area contributed by atoms with Crippen molar-refractivity contribution in [3.05, 3.63) is 59.9 Å². The second-order valence-corrected chi connectivity index (χ2v) is 3.60. The molecule has 0 fully saturated rings. The van der Waals surface area contributed by atoms with Crippen LogP contribution in [0.2, 0.25) is 0 Å². The Labute approximate surface area is 104 Å². The average molecular weight is 240 g/mol. The first kappa shape index (κ1) is 11.8. The van der Waals surface area contributed by atoms with E-state index in [2.05, 4.69) is 15.5 Å². The number of carbonyl (C=O) groups is 1. The van der Waals surface area contributed by atoms with Gasteiger partial charge in [0.05, 0.1) is 6.21 Å². The van der Waals surface area contributed by atoms with Crippen LogP contribution >= 0.6 is 0 Å². The lowest BCUT2D eigenvalue weighted by molar-refractivity contribution is 0.0955. The average Bonchev–Trinajstić information content (AvgIpc) is 2.40. The SMILES string of the molecule is Nc1ccc(C(=O)N/N=C/c2ccncc2)cc1. The van der Waals surface area contributed by atoms with Crippen molar-refractivity contribution < 1.29 is 4.79 Å². The van der Waals surface area contributed by atoms with E-state index in [1.165, 1.54) is 0 Å². The van der Waals surface area contributed by atoms with E-state index in [4.69, 9.17) is 5.73 Å². The summed E-state index contributed by atoms with van der Waals surface area (Å²) in [4.78, 5) is 15.6. The molecule has 0 unspecified atom stereocenters. The van der Waals surface area contributed by atoms with Crippen LogP contribution in [0.15, 0.2) is 53.9 Å². The van der Waals surface area contributed by atoms with Crippen LogP contribution in [-0.4, -0.2) is 17.1 Å². The number of nitrogens with two attached hydrogens (primary N) is 1. The van der Waals surface area contributed by atoms with Crippen molar-refractivity contribution in [1.29, 1.82) is 0 Å². The molecule has 5 heteroatoms. The quantitative estimate of drug-likeness (QED) is 0.484. The van der Waals surface area contributed by atoms with Crippen molar-refractivity contribution in [3.63, 3.8) is 0 Å². The van der Waals surface area contributed by atoms with Crippen LogP contribution in [-0.2, 0) is 0 Å². The summed E-state index contributed by atoms with van der Waals surface area (Å²) in [6.07, 6.45) is 4.86. The molecule has 0 radical (unpaired) electrons. The molecule has 3 N–H and O–H groups in total. The Morgan fingerprint density at radius 2 is 1.83 bits per heavy atom. The van der Waals surface area contributed by atoms with Gasteiger partial charge in [-0.3, -0.25) is 9.78 Å². The summed E-state index contributed by atoms with van der Waals surface area (Å²) in [5, 5.41) is 3.86. The minimum absolute atomic E-state index is 0.277. The second-order valence-electron chi connectivity index (χ2n) is 3.60. The molecule has 5 nitrogen and oxygen atoms in total. The summed E-state index contributed by atoms with van der Waals surface area (Å²) in [5.74, 6) is -0.277. The molecule has 18 heavy (non-hydrogen) atoms. The Morgan fingerprint density at radius 1 is 1.17 bits per heavy atom. The normalized spacial score (nSPS) is 10.4. The maximum atomic E-state index is 11.7. The molecule has 90 valence electrons. The lowest BCUT2D eigenvalue weighted by Crippen LogP contribution is -2.17. The van der Waals surface area contributed by atoms with Crippen LogP contribution in [0.1, 0.15) is 15.9 Å².